The van der Waals surface area contributed by atoms with Crippen LogP contribution in [-0.4, -0.2) is 42.4 Å². The fourth-order valence-corrected chi connectivity index (χ4v) is 2.31. The number of hydrogen-bond donors (Lipinski definition) is 1. The maximum absolute atomic E-state index is 12.1. The summed E-state index contributed by atoms with van der Waals surface area (Å²) in [6, 6.07) is 9.08. The van der Waals surface area contributed by atoms with Crippen molar-refractivity contribution in [1.82, 2.24) is 10.2 Å². The van der Waals surface area contributed by atoms with Crippen LogP contribution in [0.25, 0.3) is 6.08 Å². The van der Waals surface area contributed by atoms with Gasteiger partial charge in [-0.25, -0.2) is 4.79 Å². The minimum atomic E-state index is -0.725. The van der Waals surface area contributed by atoms with Crippen LogP contribution in [0.15, 0.2) is 36.0 Å². The molecule has 1 aliphatic heterocycles. The van der Waals surface area contributed by atoms with Crippen molar-refractivity contribution in [3.63, 3.8) is 0 Å². The fraction of sp³-hybridized carbons (Fsp3) is 0.353. The third kappa shape index (κ3) is 5.25. The van der Waals surface area contributed by atoms with Crippen LogP contribution in [0.2, 0.25) is 0 Å². The van der Waals surface area contributed by atoms with Crippen LogP contribution in [0, 0.1) is 0 Å². The van der Waals surface area contributed by atoms with Gasteiger partial charge in [0.2, 0.25) is 5.91 Å². The first kappa shape index (κ1) is 16.7. The lowest BCUT2D eigenvalue weighted by atomic mass is 10.2. The summed E-state index contributed by atoms with van der Waals surface area (Å²) in [6.07, 6.45) is 3.47. The molecule has 23 heavy (non-hydrogen) atoms. The SMILES string of the molecule is CC(=O)N/C(=C/c1ccccc1)C(=O)OCC(=O)N1CCCC1. The molecule has 0 spiro atoms. The second kappa shape index (κ2) is 8.12. The lowest BCUT2D eigenvalue weighted by Gasteiger charge is -2.15. The van der Waals surface area contributed by atoms with Gasteiger partial charge in [0.25, 0.3) is 5.91 Å². The van der Waals surface area contributed by atoms with Crippen molar-refractivity contribution in [2.75, 3.05) is 19.7 Å². The van der Waals surface area contributed by atoms with E-state index in [9.17, 15) is 14.4 Å². The van der Waals surface area contributed by atoms with Crippen molar-refractivity contribution in [2.24, 2.45) is 0 Å². The molecule has 0 unspecified atom stereocenters. The summed E-state index contributed by atoms with van der Waals surface area (Å²) in [6.45, 7) is 2.40. The van der Waals surface area contributed by atoms with E-state index in [1.165, 1.54) is 13.0 Å². The molecule has 1 heterocycles. The number of esters is 1. The summed E-state index contributed by atoms with van der Waals surface area (Å²) >= 11 is 0. The summed E-state index contributed by atoms with van der Waals surface area (Å²) < 4.78 is 5.04. The van der Waals surface area contributed by atoms with Gasteiger partial charge in [0.05, 0.1) is 0 Å². The zero-order valence-corrected chi connectivity index (χ0v) is 13.1. The molecule has 1 aromatic carbocycles. The number of hydrogen-bond acceptors (Lipinski definition) is 4. The molecule has 0 bridgehead atoms. The third-order valence-electron chi connectivity index (χ3n) is 3.43. The Hall–Kier alpha value is -2.63. The average Bonchev–Trinajstić information content (AvgIpc) is 3.06. The molecule has 1 fully saturated rings. The summed E-state index contributed by atoms with van der Waals surface area (Å²) in [4.78, 5) is 37.0. The van der Waals surface area contributed by atoms with E-state index in [-0.39, 0.29) is 24.1 Å². The van der Waals surface area contributed by atoms with Gasteiger partial charge in [-0.1, -0.05) is 30.3 Å². The summed E-state index contributed by atoms with van der Waals surface area (Å²) in [5, 5.41) is 2.44. The van der Waals surface area contributed by atoms with Crippen LogP contribution < -0.4 is 5.32 Å². The molecule has 0 radical (unpaired) electrons. The molecule has 1 aromatic rings. The lowest BCUT2D eigenvalue weighted by Crippen LogP contribution is -2.33. The number of amides is 2. The molecule has 1 aliphatic rings. The Morgan fingerprint density at radius 2 is 1.83 bits per heavy atom. The van der Waals surface area contributed by atoms with Crippen LogP contribution in [0.4, 0.5) is 0 Å². The maximum atomic E-state index is 12.1. The number of carbonyl (C=O) groups excluding carboxylic acids is 3. The number of rotatable bonds is 5. The zero-order valence-electron chi connectivity index (χ0n) is 13.1. The molecule has 1 N–H and O–H groups in total. The third-order valence-corrected chi connectivity index (χ3v) is 3.43. The van der Waals surface area contributed by atoms with E-state index < -0.39 is 5.97 Å². The standard InChI is InChI=1S/C17H20N2O4/c1-13(20)18-15(11-14-7-3-2-4-8-14)17(22)23-12-16(21)19-9-5-6-10-19/h2-4,7-8,11H,5-6,9-10,12H2,1H3,(H,18,20)/b15-11+. The van der Waals surface area contributed by atoms with Crippen LogP contribution in [0.5, 0.6) is 0 Å². The largest absolute Gasteiger partial charge is 0.451 e. The lowest BCUT2D eigenvalue weighted by molar-refractivity contribution is -0.149. The van der Waals surface area contributed by atoms with Crippen molar-refractivity contribution < 1.29 is 19.1 Å². The van der Waals surface area contributed by atoms with E-state index >= 15 is 0 Å². The molecule has 6 nitrogen and oxygen atoms in total. The molecule has 2 rings (SSSR count). The first-order valence-corrected chi connectivity index (χ1v) is 7.55. The van der Waals surface area contributed by atoms with Crippen LogP contribution in [0.3, 0.4) is 0 Å². The Kier molecular flexibility index (Phi) is 5.91. The summed E-state index contributed by atoms with van der Waals surface area (Å²) in [5.74, 6) is -1.32. The Bertz CT molecular complexity index is 604. The molecule has 122 valence electrons. The van der Waals surface area contributed by atoms with Crippen LogP contribution in [0.1, 0.15) is 25.3 Å². The Balaban J connectivity index is 2.00. The predicted molar refractivity (Wildman–Crippen MR) is 85.0 cm³/mol. The minimum Gasteiger partial charge on any atom is -0.451 e. The molecule has 0 aliphatic carbocycles. The zero-order chi connectivity index (χ0) is 16.7. The van der Waals surface area contributed by atoms with E-state index in [1.54, 1.807) is 17.0 Å². The number of ether oxygens (including phenoxy) is 1. The Morgan fingerprint density at radius 3 is 2.43 bits per heavy atom. The highest BCUT2D eigenvalue weighted by molar-refractivity contribution is 5.98. The smallest absolute Gasteiger partial charge is 0.355 e. The van der Waals surface area contributed by atoms with Gasteiger partial charge in [0.15, 0.2) is 6.61 Å². The normalized spacial score (nSPS) is 14.5. The fourth-order valence-electron chi connectivity index (χ4n) is 2.31. The van der Waals surface area contributed by atoms with Crippen molar-refractivity contribution in [1.29, 1.82) is 0 Å². The highest BCUT2D eigenvalue weighted by Crippen LogP contribution is 2.09. The number of nitrogens with zero attached hydrogens (tertiary/aromatic N) is 1. The van der Waals surface area contributed by atoms with Crippen LogP contribution >= 0.6 is 0 Å². The topological polar surface area (TPSA) is 75.7 Å². The minimum absolute atomic E-state index is 0.0120. The van der Waals surface area contributed by atoms with Gasteiger partial charge < -0.3 is 15.0 Å². The van der Waals surface area contributed by atoms with Gasteiger partial charge >= 0.3 is 5.97 Å². The first-order valence-electron chi connectivity index (χ1n) is 7.55. The Morgan fingerprint density at radius 1 is 1.17 bits per heavy atom. The van der Waals surface area contributed by atoms with Gasteiger partial charge in [0, 0.05) is 20.0 Å². The molecule has 6 heteroatoms. The molecule has 0 atom stereocenters. The quantitative estimate of drug-likeness (QED) is 0.657. The van der Waals surface area contributed by atoms with Crippen molar-refractivity contribution >= 4 is 23.9 Å². The predicted octanol–water partition coefficient (Wildman–Crippen LogP) is 1.33. The van der Waals surface area contributed by atoms with Gasteiger partial charge in [0.1, 0.15) is 5.70 Å². The molecule has 2 amide bonds. The number of likely N-dealkylation sites (tertiary alicyclic amines) is 1. The molecular formula is C17H20N2O4. The van der Waals surface area contributed by atoms with E-state index in [1.807, 2.05) is 18.2 Å². The Labute approximate surface area is 135 Å². The highest BCUT2D eigenvalue weighted by atomic mass is 16.5. The van der Waals surface area contributed by atoms with Crippen molar-refractivity contribution in [2.45, 2.75) is 19.8 Å². The molecule has 0 saturated carbocycles. The van der Waals surface area contributed by atoms with Crippen molar-refractivity contribution in [3.8, 4) is 0 Å². The second-order valence-corrected chi connectivity index (χ2v) is 5.31. The van der Waals surface area contributed by atoms with Crippen molar-refractivity contribution in [3.05, 3.63) is 41.6 Å². The van der Waals surface area contributed by atoms with E-state index in [0.29, 0.717) is 13.1 Å². The summed E-state index contributed by atoms with van der Waals surface area (Å²) in [7, 11) is 0. The van der Waals surface area contributed by atoms with Gasteiger partial charge in [-0.3, -0.25) is 9.59 Å². The van der Waals surface area contributed by atoms with E-state index in [2.05, 4.69) is 5.32 Å². The summed E-state index contributed by atoms with van der Waals surface area (Å²) in [5.41, 5.74) is 0.761. The van der Waals surface area contributed by atoms with Crippen LogP contribution in [-0.2, 0) is 19.1 Å². The maximum Gasteiger partial charge on any atom is 0.355 e. The highest BCUT2D eigenvalue weighted by Gasteiger charge is 2.20. The number of benzene rings is 1. The van der Waals surface area contributed by atoms with Gasteiger partial charge in [-0.15, -0.1) is 0 Å². The first-order chi connectivity index (χ1) is 11.1. The monoisotopic (exact) mass is 316 g/mol. The van der Waals surface area contributed by atoms with E-state index in [0.717, 1.165) is 18.4 Å². The van der Waals surface area contributed by atoms with Gasteiger partial charge in [-0.05, 0) is 24.5 Å². The number of nitrogens with one attached hydrogen (secondary N) is 1. The molecular weight excluding hydrogens is 296 g/mol. The average molecular weight is 316 g/mol. The molecule has 0 aromatic heterocycles. The van der Waals surface area contributed by atoms with Gasteiger partial charge in [-0.2, -0.15) is 0 Å². The van der Waals surface area contributed by atoms with E-state index in [4.69, 9.17) is 4.74 Å². The molecule has 1 saturated heterocycles. The number of carbonyl (C=O) groups is 3. The second-order valence-electron chi connectivity index (χ2n) is 5.31.